The molecule has 2 aromatic heterocycles. The van der Waals surface area contributed by atoms with E-state index in [1.807, 2.05) is 6.92 Å². The van der Waals surface area contributed by atoms with Crippen LogP contribution in [0.5, 0.6) is 0 Å². The SMILES string of the molecule is Cc1nccc(Cn2cnnc2SCC(=O)O)n1. The number of carboxylic acid groups (broad SMARTS) is 1. The van der Waals surface area contributed by atoms with Gasteiger partial charge in [-0.3, -0.25) is 4.79 Å². The normalized spacial score (nSPS) is 10.5. The monoisotopic (exact) mass is 265 g/mol. The second-order valence-electron chi connectivity index (χ2n) is 3.52. The molecule has 18 heavy (non-hydrogen) atoms. The average molecular weight is 265 g/mol. The van der Waals surface area contributed by atoms with Crippen LogP contribution in [0, 0.1) is 6.92 Å². The van der Waals surface area contributed by atoms with Crippen LogP contribution in [0.4, 0.5) is 0 Å². The van der Waals surface area contributed by atoms with Crippen LogP contribution in [-0.2, 0) is 11.3 Å². The van der Waals surface area contributed by atoms with E-state index in [-0.39, 0.29) is 5.75 Å². The summed E-state index contributed by atoms with van der Waals surface area (Å²) in [6, 6.07) is 1.80. The summed E-state index contributed by atoms with van der Waals surface area (Å²) >= 11 is 1.13. The Labute approximate surface area is 107 Å². The van der Waals surface area contributed by atoms with E-state index in [9.17, 15) is 4.79 Å². The fourth-order valence-electron chi connectivity index (χ4n) is 1.36. The van der Waals surface area contributed by atoms with Gasteiger partial charge in [-0.2, -0.15) is 0 Å². The van der Waals surface area contributed by atoms with Gasteiger partial charge in [-0.1, -0.05) is 11.8 Å². The smallest absolute Gasteiger partial charge is 0.313 e. The zero-order valence-corrected chi connectivity index (χ0v) is 10.5. The predicted molar refractivity (Wildman–Crippen MR) is 64.3 cm³/mol. The first-order chi connectivity index (χ1) is 8.65. The lowest BCUT2D eigenvalue weighted by atomic mass is 10.4. The number of carbonyl (C=O) groups is 1. The minimum atomic E-state index is -0.882. The molecule has 0 saturated heterocycles. The lowest BCUT2D eigenvalue weighted by Gasteiger charge is -2.05. The van der Waals surface area contributed by atoms with Crippen LogP contribution in [0.2, 0.25) is 0 Å². The van der Waals surface area contributed by atoms with Crippen LogP contribution in [-0.4, -0.2) is 41.6 Å². The number of aliphatic carboxylic acids is 1. The molecule has 0 aromatic carbocycles. The van der Waals surface area contributed by atoms with Gasteiger partial charge >= 0.3 is 5.97 Å². The Balaban J connectivity index is 2.10. The Morgan fingerprint density at radius 1 is 1.56 bits per heavy atom. The highest BCUT2D eigenvalue weighted by atomic mass is 32.2. The highest BCUT2D eigenvalue weighted by Crippen LogP contribution is 2.15. The molecule has 0 fully saturated rings. The van der Waals surface area contributed by atoms with Gasteiger partial charge in [-0.05, 0) is 13.0 Å². The van der Waals surface area contributed by atoms with Crippen molar-refractivity contribution in [3.05, 3.63) is 30.1 Å². The van der Waals surface area contributed by atoms with Gasteiger partial charge in [0.2, 0.25) is 0 Å². The molecular formula is C10H11N5O2S. The maximum absolute atomic E-state index is 10.5. The van der Waals surface area contributed by atoms with Gasteiger partial charge in [0, 0.05) is 6.20 Å². The molecule has 2 heterocycles. The Morgan fingerprint density at radius 3 is 3.11 bits per heavy atom. The molecule has 0 aliphatic carbocycles. The molecule has 0 bridgehead atoms. The van der Waals surface area contributed by atoms with Gasteiger partial charge < -0.3 is 9.67 Å². The van der Waals surface area contributed by atoms with Gasteiger partial charge in [0.1, 0.15) is 12.2 Å². The van der Waals surface area contributed by atoms with Crippen LogP contribution in [0.15, 0.2) is 23.7 Å². The van der Waals surface area contributed by atoms with Crippen molar-refractivity contribution in [3.63, 3.8) is 0 Å². The van der Waals surface area contributed by atoms with E-state index in [0.29, 0.717) is 17.5 Å². The van der Waals surface area contributed by atoms with E-state index in [0.717, 1.165) is 17.5 Å². The number of hydrogen-bond acceptors (Lipinski definition) is 6. The van der Waals surface area contributed by atoms with E-state index >= 15 is 0 Å². The average Bonchev–Trinajstić information content (AvgIpc) is 2.74. The summed E-state index contributed by atoms with van der Waals surface area (Å²) in [6.45, 7) is 2.31. The van der Waals surface area contributed by atoms with E-state index in [1.54, 1.807) is 23.2 Å². The highest BCUT2D eigenvalue weighted by molar-refractivity contribution is 7.99. The lowest BCUT2D eigenvalue weighted by molar-refractivity contribution is -0.133. The van der Waals surface area contributed by atoms with Gasteiger partial charge in [-0.25, -0.2) is 9.97 Å². The Hall–Kier alpha value is -1.96. The molecule has 94 valence electrons. The zero-order valence-electron chi connectivity index (χ0n) is 9.65. The summed E-state index contributed by atoms with van der Waals surface area (Å²) in [7, 11) is 0. The highest BCUT2D eigenvalue weighted by Gasteiger charge is 2.08. The molecule has 7 nitrogen and oxygen atoms in total. The topological polar surface area (TPSA) is 93.8 Å². The predicted octanol–water partition coefficient (Wildman–Crippen LogP) is 0.602. The van der Waals surface area contributed by atoms with E-state index < -0.39 is 5.97 Å². The Morgan fingerprint density at radius 2 is 2.39 bits per heavy atom. The van der Waals surface area contributed by atoms with Crippen LogP contribution >= 0.6 is 11.8 Å². The first-order valence-corrected chi connectivity index (χ1v) is 6.14. The number of aromatic nitrogens is 5. The number of aryl methyl sites for hydroxylation is 1. The standard InChI is InChI=1S/C10H11N5O2S/c1-7-11-3-2-8(13-7)4-15-6-12-14-10(15)18-5-9(16)17/h2-3,6H,4-5H2,1H3,(H,16,17). The van der Waals surface area contributed by atoms with Gasteiger partial charge in [-0.15, -0.1) is 10.2 Å². The Bertz CT molecular complexity index is 557. The summed E-state index contributed by atoms with van der Waals surface area (Å²) in [5.74, 6) is -0.227. The molecule has 8 heteroatoms. The molecule has 0 aliphatic heterocycles. The van der Waals surface area contributed by atoms with Crippen molar-refractivity contribution in [2.45, 2.75) is 18.6 Å². The molecule has 2 aromatic rings. The third-order valence-corrected chi connectivity index (χ3v) is 3.04. The fraction of sp³-hybridized carbons (Fsp3) is 0.300. The first kappa shape index (κ1) is 12.5. The van der Waals surface area contributed by atoms with Crippen LogP contribution in [0.1, 0.15) is 11.5 Å². The molecule has 0 aliphatic rings. The molecular weight excluding hydrogens is 254 g/mol. The molecule has 0 spiro atoms. The summed E-state index contributed by atoms with van der Waals surface area (Å²) in [5.41, 5.74) is 0.833. The minimum Gasteiger partial charge on any atom is -0.481 e. The number of rotatable bonds is 5. The summed E-state index contributed by atoms with van der Waals surface area (Å²) in [6.07, 6.45) is 3.24. The van der Waals surface area contributed by atoms with Crippen molar-refractivity contribution in [1.82, 2.24) is 24.7 Å². The fourth-order valence-corrected chi connectivity index (χ4v) is 1.99. The third-order valence-electron chi connectivity index (χ3n) is 2.07. The quantitative estimate of drug-likeness (QED) is 0.791. The molecule has 0 unspecified atom stereocenters. The van der Waals surface area contributed by atoms with Crippen LogP contribution in [0.3, 0.4) is 0 Å². The molecule has 0 atom stereocenters. The van der Waals surface area contributed by atoms with Gasteiger partial charge in [0.25, 0.3) is 0 Å². The second kappa shape index (κ2) is 5.58. The summed E-state index contributed by atoms with van der Waals surface area (Å²) in [5, 5.41) is 16.8. The van der Waals surface area contributed by atoms with E-state index in [4.69, 9.17) is 5.11 Å². The van der Waals surface area contributed by atoms with E-state index in [2.05, 4.69) is 20.2 Å². The summed E-state index contributed by atoms with van der Waals surface area (Å²) in [4.78, 5) is 18.8. The van der Waals surface area contributed by atoms with Crippen LogP contribution < -0.4 is 0 Å². The number of nitrogens with zero attached hydrogens (tertiary/aromatic N) is 5. The maximum atomic E-state index is 10.5. The van der Waals surface area contributed by atoms with E-state index in [1.165, 1.54) is 0 Å². The maximum Gasteiger partial charge on any atom is 0.313 e. The van der Waals surface area contributed by atoms with Gasteiger partial charge in [0.15, 0.2) is 5.16 Å². The minimum absolute atomic E-state index is 0.0402. The number of thioether (sulfide) groups is 1. The Kier molecular flexibility index (Phi) is 3.88. The number of carboxylic acids is 1. The van der Waals surface area contributed by atoms with Crippen molar-refractivity contribution >= 4 is 17.7 Å². The van der Waals surface area contributed by atoms with Gasteiger partial charge in [0.05, 0.1) is 18.0 Å². The molecule has 0 amide bonds. The third kappa shape index (κ3) is 3.27. The van der Waals surface area contributed by atoms with Crippen molar-refractivity contribution in [3.8, 4) is 0 Å². The first-order valence-electron chi connectivity index (χ1n) is 5.16. The molecule has 2 rings (SSSR count). The second-order valence-corrected chi connectivity index (χ2v) is 4.46. The van der Waals surface area contributed by atoms with Crippen molar-refractivity contribution in [1.29, 1.82) is 0 Å². The van der Waals surface area contributed by atoms with Crippen molar-refractivity contribution in [2.24, 2.45) is 0 Å². The lowest BCUT2D eigenvalue weighted by Crippen LogP contribution is -2.05. The zero-order chi connectivity index (χ0) is 13.0. The largest absolute Gasteiger partial charge is 0.481 e. The van der Waals surface area contributed by atoms with Crippen molar-refractivity contribution in [2.75, 3.05) is 5.75 Å². The molecule has 1 N–H and O–H groups in total. The number of hydrogen-bond donors (Lipinski definition) is 1. The molecule has 0 saturated carbocycles. The summed E-state index contributed by atoms with van der Waals surface area (Å²) < 4.78 is 1.76. The van der Waals surface area contributed by atoms with Crippen molar-refractivity contribution < 1.29 is 9.90 Å². The molecule has 0 radical (unpaired) electrons. The van der Waals surface area contributed by atoms with Crippen LogP contribution in [0.25, 0.3) is 0 Å².